The highest BCUT2D eigenvalue weighted by Gasteiger charge is 2.32. The van der Waals surface area contributed by atoms with E-state index in [1.165, 1.54) is 6.07 Å². The molecule has 0 aliphatic carbocycles. The molecule has 0 unspecified atom stereocenters. The number of hydrogen-bond acceptors (Lipinski definition) is 7. The lowest BCUT2D eigenvalue weighted by Crippen LogP contribution is -2.08. The number of hydrogen-bond donors (Lipinski definition) is 0. The molecule has 0 radical (unpaired) electrons. The van der Waals surface area contributed by atoms with Gasteiger partial charge in [-0.2, -0.15) is 18.4 Å². The van der Waals surface area contributed by atoms with E-state index in [2.05, 4.69) is 39.5 Å². The van der Waals surface area contributed by atoms with Crippen molar-refractivity contribution in [3.8, 4) is 96.9 Å². The molecular weight excluding hydrogens is 1010 g/mol. The number of benzene rings is 10. The van der Waals surface area contributed by atoms with Crippen molar-refractivity contribution in [1.29, 1.82) is 5.26 Å². The van der Waals surface area contributed by atoms with Gasteiger partial charge in [-0.25, -0.2) is 29.9 Å². The molecule has 0 amide bonds. The standard InChI is InChI=1S/C69H42F3N9/c1-42-36-50(69(70,71)72)32-35-51(42)62-60(80-56-28-16-14-26-52(56)54-33-30-48(39-58(54)80)67-76-63(44-18-6-2-7-19-44)74-64(77-67)45-20-8-3-9-21-45)37-43(41-73)38-61(62)81-57-29-17-15-27-53(57)55-34-31-49(40-59(55)81)68-78-65(46-22-10-4-11-23-46)75-66(79-68)47-24-12-5-13-25-47/h2-40H,1H3. The highest BCUT2D eigenvalue weighted by atomic mass is 19.4. The second-order valence-electron chi connectivity index (χ2n) is 19.8. The summed E-state index contributed by atoms with van der Waals surface area (Å²) in [5, 5.41) is 14.9. The number of nitriles is 1. The molecule has 14 rings (SSSR count). The average Bonchev–Trinajstić information content (AvgIpc) is 4.16. The fraction of sp³-hybridized carbons (Fsp3) is 0.0290. The number of aromatic nitrogens is 8. The first-order valence-electron chi connectivity index (χ1n) is 26.2. The molecular formula is C69H42F3N9. The Balaban J connectivity index is 1.06. The molecule has 0 saturated carbocycles. The van der Waals surface area contributed by atoms with Gasteiger partial charge in [0.25, 0.3) is 0 Å². The largest absolute Gasteiger partial charge is 0.416 e. The Morgan fingerprint density at radius 3 is 1.06 bits per heavy atom. The molecule has 0 atom stereocenters. The van der Waals surface area contributed by atoms with Crippen LogP contribution >= 0.6 is 0 Å². The Kier molecular flexibility index (Phi) is 11.7. The summed E-state index contributed by atoms with van der Waals surface area (Å²) in [7, 11) is 0. The quantitative estimate of drug-likeness (QED) is 0.142. The normalized spacial score (nSPS) is 11.7. The van der Waals surface area contributed by atoms with Crippen LogP contribution in [0.2, 0.25) is 0 Å². The Hall–Kier alpha value is -10.9. The average molecular weight is 1050 g/mol. The molecule has 0 bridgehead atoms. The zero-order valence-electron chi connectivity index (χ0n) is 43.2. The molecule has 0 spiro atoms. The van der Waals surface area contributed by atoms with E-state index < -0.39 is 11.7 Å². The Labute approximate surface area is 462 Å². The van der Waals surface area contributed by atoms with Crippen molar-refractivity contribution in [1.82, 2.24) is 39.0 Å². The number of alkyl halides is 3. The van der Waals surface area contributed by atoms with Gasteiger partial charge in [-0.3, -0.25) is 0 Å². The van der Waals surface area contributed by atoms with E-state index in [4.69, 9.17) is 29.9 Å². The lowest BCUT2D eigenvalue weighted by atomic mass is 9.93. The molecule has 14 aromatic rings. The van der Waals surface area contributed by atoms with Crippen LogP contribution in [0.25, 0.3) is 134 Å². The third-order valence-corrected chi connectivity index (χ3v) is 14.8. The minimum Gasteiger partial charge on any atom is -0.308 e. The Morgan fingerprint density at radius 1 is 0.358 bits per heavy atom. The van der Waals surface area contributed by atoms with Crippen LogP contribution < -0.4 is 0 Å². The second kappa shape index (κ2) is 19.5. The summed E-state index contributed by atoms with van der Waals surface area (Å²) >= 11 is 0. The molecule has 81 heavy (non-hydrogen) atoms. The third kappa shape index (κ3) is 8.61. The molecule has 12 heteroatoms. The molecule has 9 nitrogen and oxygen atoms in total. The zero-order chi connectivity index (χ0) is 54.8. The van der Waals surface area contributed by atoms with Crippen LogP contribution in [0.15, 0.2) is 237 Å². The Morgan fingerprint density at radius 2 is 0.704 bits per heavy atom. The first-order chi connectivity index (χ1) is 39.6. The molecule has 0 aliphatic rings. The summed E-state index contributed by atoms with van der Waals surface area (Å²) < 4.78 is 48.2. The molecule has 0 aliphatic heterocycles. The Bertz CT molecular complexity index is 4440. The van der Waals surface area contributed by atoms with Crippen molar-refractivity contribution in [2.45, 2.75) is 13.1 Å². The first-order valence-corrected chi connectivity index (χ1v) is 26.2. The van der Waals surface area contributed by atoms with E-state index in [9.17, 15) is 18.4 Å². The summed E-state index contributed by atoms with van der Waals surface area (Å²) in [5.41, 5.74) is 10.0. The molecule has 4 heterocycles. The van der Waals surface area contributed by atoms with Crippen molar-refractivity contribution >= 4 is 43.6 Å². The van der Waals surface area contributed by atoms with Gasteiger partial charge in [0, 0.05) is 60.5 Å². The van der Waals surface area contributed by atoms with Gasteiger partial charge >= 0.3 is 6.18 Å². The predicted octanol–water partition coefficient (Wildman–Crippen LogP) is 17.1. The predicted molar refractivity (Wildman–Crippen MR) is 314 cm³/mol. The van der Waals surface area contributed by atoms with E-state index in [0.29, 0.717) is 79.7 Å². The summed E-state index contributed by atoms with van der Waals surface area (Å²) in [4.78, 5) is 30.2. The summed E-state index contributed by atoms with van der Waals surface area (Å²) in [6, 6.07) is 77.4. The van der Waals surface area contributed by atoms with Crippen LogP contribution in [0.3, 0.4) is 0 Å². The summed E-state index contributed by atoms with van der Waals surface area (Å²) in [5.74, 6) is 2.90. The van der Waals surface area contributed by atoms with Crippen LogP contribution in [-0.2, 0) is 6.18 Å². The third-order valence-electron chi connectivity index (χ3n) is 14.8. The summed E-state index contributed by atoms with van der Waals surface area (Å²) in [6.07, 6.45) is -4.60. The van der Waals surface area contributed by atoms with Gasteiger partial charge in [0.15, 0.2) is 34.9 Å². The van der Waals surface area contributed by atoms with Crippen molar-refractivity contribution in [3.05, 3.63) is 253 Å². The van der Waals surface area contributed by atoms with E-state index in [1.807, 2.05) is 194 Å². The van der Waals surface area contributed by atoms with Gasteiger partial charge in [0.05, 0.1) is 50.6 Å². The van der Waals surface area contributed by atoms with E-state index in [-0.39, 0.29) is 0 Å². The van der Waals surface area contributed by atoms with E-state index in [1.54, 1.807) is 13.0 Å². The van der Waals surface area contributed by atoms with Gasteiger partial charge in [0.2, 0.25) is 0 Å². The fourth-order valence-electron chi connectivity index (χ4n) is 11.0. The topological polar surface area (TPSA) is 111 Å². The van der Waals surface area contributed by atoms with Gasteiger partial charge in [0.1, 0.15) is 0 Å². The van der Waals surface area contributed by atoms with Gasteiger partial charge in [-0.05, 0) is 66.6 Å². The maximum absolute atomic E-state index is 14.7. The van der Waals surface area contributed by atoms with E-state index in [0.717, 1.165) is 71.9 Å². The number of rotatable bonds is 9. The molecule has 0 N–H and O–H groups in total. The summed E-state index contributed by atoms with van der Waals surface area (Å²) in [6.45, 7) is 1.70. The minimum absolute atomic E-state index is 0.326. The van der Waals surface area contributed by atoms with Crippen molar-refractivity contribution in [2.75, 3.05) is 0 Å². The molecule has 10 aromatic carbocycles. The van der Waals surface area contributed by atoms with Gasteiger partial charge < -0.3 is 9.13 Å². The highest BCUT2D eigenvalue weighted by molar-refractivity contribution is 6.13. The molecule has 4 aromatic heterocycles. The zero-order valence-corrected chi connectivity index (χ0v) is 43.2. The first kappa shape index (κ1) is 48.5. The number of halogens is 3. The van der Waals surface area contributed by atoms with Crippen molar-refractivity contribution in [3.63, 3.8) is 0 Å². The van der Waals surface area contributed by atoms with Crippen LogP contribution in [0.5, 0.6) is 0 Å². The molecule has 384 valence electrons. The minimum atomic E-state index is -4.60. The second-order valence-corrected chi connectivity index (χ2v) is 19.8. The number of fused-ring (bicyclic) bond motifs is 6. The highest BCUT2D eigenvalue weighted by Crippen LogP contribution is 2.46. The lowest BCUT2D eigenvalue weighted by Gasteiger charge is -2.22. The SMILES string of the molecule is Cc1cc(C(F)(F)F)ccc1-c1c(-n2c3ccccc3c3ccc(-c4nc(-c5ccccc5)nc(-c5ccccc5)n4)cc32)cc(C#N)cc1-n1c2ccccc2c2ccc(-c3nc(-c4ccccc4)nc(-c4ccccc4)n3)cc21. The molecule has 0 fully saturated rings. The van der Waals surface area contributed by atoms with Crippen LogP contribution in [0.4, 0.5) is 13.2 Å². The van der Waals surface area contributed by atoms with Gasteiger partial charge in [-0.15, -0.1) is 0 Å². The maximum Gasteiger partial charge on any atom is 0.416 e. The number of nitrogens with zero attached hydrogens (tertiary/aromatic N) is 9. The molecule has 0 saturated heterocycles. The van der Waals surface area contributed by atoms with Crippen molar-refractivity contribution < 1.29 is 13.2 Å². The number of aryl methyl sites for hydroxylation is 1. The van der Waals surface area contributed by atoms with Gasteiger partial charge in [-0.1, -0.05) is 188 Å². The van der Waals surface area contributed by atoms with Crippen molar-refractivity contribution in [2.24, 2.45) is 0 Å². The van der Waals surface area contributed by atoms with Crippen LogP contribution in [0, 0.1) is 18.3 Å². The smallest absolute Gasteiger partial charge is 0.308 e. The monoisotopic (exact) mass is 1050 g/mol. The fourth-order valence-corrected chi connectivity index (χ4v) is 11.0. The van der Waals surface area contributed by atoms with Crippen LogP contribution in [-0.4, -0.2) is 39.0 Å². The number of para-hydroxylation sites is 2. The van der Waals surface area contributed by atoms with Crippen LogP contribution in [0.1, 0.15) is 16.7 Å². The lowest BCUT2D eigenvalue weighted by molar-refractivity contribution is -0.137. The van der Waals surface area contributed by atoms with E-state index >= 15 is 0 Å². The maximum atomic E-state index is 14.7.